The first kappa shape index (κ1) is 17.7. The van der Waals surface area contributed by atoms with Crippen LogP contribution >= 0.6 is 24.0 Å². The van der Waals surface area contributed by atoms with Crippen molar-refractivity contribution in [2.75, 3.05) is 20.2 Å². The molecular weight excluding hydrogens is 376 g/mol. The fraction of sp³-hybridized carbons (Fsp3) is 0.400. The zero-order valence-corrected chi connectivity index (χ0v) is 12.4. The van der Waals surface area contributed by atoms with Gasteiger partial charge in [-0.15, -0.1) is 24.0 Å². The molecule has 108 valence electrons. The molecule has 9 heteroatoms. The van der Waals surface area contributed by atoms with Crippen LogP contribution in [0.3, 0.4) is 0 Å². The number of nitrogens with one attached hydrogen (secondary N) is 1. The highest BCUT2D eigenvalue weighted by molar-refractivity contribution is 14.0. The van der Waals surface area contributed by atoms with E-state index in [-0.39, 0.29) is 42.4 Å². The van der Waals surface area contributed by atoms with Crippen LogP contribution in [-0.2, 0) is 6.18 Å². The number of halogens is 4. The predicted octanol–water partition coefficient (Wildman–Crippen LogP) is 1.63. The highest BCUT2D eigenvalue weighted by atomic mass is 127. The van der Waals surface area contributed by atoms with Crippen molar-refractivity contribution < 1.29 is 17.9 Å². The fourth-order valence-electron chi connectivity index (χ4n) is 1.05. The summed E-state index contributed by atoms with van der Waals surface area (Å²) < 4.78 is 41.8. The number of ether oxygens (including phenoxy) is 1. The molecule has 1 aromatic heterocycles. The van der Waals surface area contributed by atoms with Crippen LogP contribution in [0.15, 0.2) is 23.3 Å². The second-order valence-corrected chi connectivity index (χ2v) is 3.27. The molecule has 0 aliphatic rings. The van der Waals surface area contributed by atoms with Crippen LogP contribution in [0, 0.1) is 0 Å². The van der Waals surface area contributed by atoms with Gasteiger partial charge >= 0.3 is 6.18 Å². The number of alkyl halides is 3. The maximum atomic E-state index is 12.2. The summed E-state index contributed by atoms with van der Waals surface area (Å²) in [4.78, 5) is 7.21. The van der Waals surface area contributed by atoms with E-state index < -0.39 is 11.7 Å². The van der Waals surface area contributed by atoms with Crippen molar-refractivity contribution in [2.24, 2.45) is 10.7 Å². The van der Waals surface area contributed by atoms with Crippen molar-refractivity contribution >= 4 is 29.9 Å². The van der Waals surface area contributed by atoms with E-state index in [9.17, 15) is 13.2 Å². The normalized spacial score (nSPS) is 11.7. The molecule has 0 aliphatic carbocycles. The standard InChI is InChI=1S/C10H13F3N4O.HI/c1-15-9(14)16-4-5-18-8-3-2-7(6-17-8)10(11,12)13;/h2-3,6H,4-5H2,1H3,(H3,14,15,16);1H. The maximum absolute atomic E-state index is 12.2. The maximum Gasteiger partial charge on any atom is 0.417 e. The molecule has 1 heterocycles. The Morgan fingerprint density at radius 1 is 1.47 bits per heavy atom. The molecule has 0 spiro atoms. The van der Waals surface area contributed by atoms with Crippen LogP contribution in [0.2, 0.25) is 0 Å². The van der Waals surface area contributed by atoms with Gasteiger partial charge in [-0.05, 0) is 6.07 Å². The van der Waals surface area contributed by atoms with Gasteiger partial charge in [0, 0.05) is 19.3 Å². The highest BCUT2D eigenvalue weighted by Gasteiger charge is 2.30. The Morgan fingerprint density at radius 2 is 2.16 bits per heavy atom. The Kier molecular flexibility index (Phi) is 7.49. The summed E-state index contributed by atoms with van der Waals surface area (Å²) in [7, 11) is 1.53. The molecule has 0 saturated heterocycles. The Hall–Kier alpha value is -1.26. The molecule has 0 amide bonds. The number of nitrogens with two attached hydrogens (primary N) is 1. The van der Waals surface area contributed by atoms with Crippen LogP contribution in [0.4, 0.5) is 13.2 Å². The average Bonchev–Trinajstić information content (AvgIpc) is 2.33. The lowest BCUT2D eigenvalue weighted by Crippen LogP contribution is -2.34. The summed E-state index contributed by atoms with van der Waals surface area (Å²) in [5.41, 5.74) is 4.55. The number of hydrogen-bond donors (Lipinski definition) is 2. The highest BCUT2D eigenvalue weighted by Crippen LogP contribution is 2.29. The van der Waals surface area contributed by atoms with Crippen molar-refractivity contribution in [1.82, 2.24) is 10.3 Å². The first-order chi connectivity index (χ1) is 8.43. The summed E-state index contributed by atoms with van der Waals surface area (Å²) in [6.45, 7) is 0.598. The first-order valence-electron chi connectivity index (χ1n) is 5.05. The second-order valence-electron chi connectivity index (χ2n) is 3.27. The van der Waals surface area contributed by atoms with Gasteiger partial charge in [-0.3, -0.25) is 4.99 Å². The predicted molar refractivity (Wildman–Crippen MR) is 75.7 cm³/mol. The molecule has 0 aromatic carbocycles. The van der Waals surface area contributed by atoms with Gasteiger partial charge in [0.2, 0.25) is 5.88 Å². The topological polar surface area (TPSA) is 72.5 Å². The molecule has 0 bridgehead atoms. The van der Waals surface area contributed by atoms with Gasteiger partial charge in [0.15, 0.2) is 5.96 Å². The van der Waals surface area contributed by atoms with E-state index in [4.69, 9.17) is 10.5 Å². The minimum absolute atomic E-state index is 0. The smallest absolute Gasteiger partial charge is 0.417 e. The molecule has 0 radical (unpaired) electrons. The van der Waals surface area contributed by atoms with Crippen molar-refractivity contribution in [1.29, 1.82) is 0 Å². The molecule has 0 fully saturated rings. The Morgan fingerprint density at radius 3 is 2.63 bits per heavy atom. The zero-order chi connectivity index (χ0) is 13.6. The zero-order valence-electron chi connectivity index (χ0n) is 10.1. The lowest BCUT2D eigenvalue weighted by molar-refractivity contribution is -0.137. The summed E-state index contributed by atoms with van der Waals surface area (Å²) in [6, 6.07) is 2.08. The molecule has 5 nitrogen and oxygen atoms in total. The Labute approximate surface area is 125 Å². The van der Waals surface area contributed by atoms with Crippen molar-refractivity contribution in [3.05, 3.63) is 23.9 Å². The summed E-state index contributed by atoms with van der Waals surface area (Å²) >= 11 is 0. The number of guanidine groups is 1. The summed E-state index contributed by atoms with van der Waals surface area (Å²) in [6.07, 6.45) is -3.66. The van der Waals surface area contributed by atoms with E-state index in [0.29, 0.717) is 6.54 Å². The molecule has 1 aromatic rings. The molecule has 0 saturated carbocycles. The number of rotatable bonds is 4. The summed E-state index contributed by atoms with van der Waals surface area (Å²) in [5.74, 6) is 0.385. The van der Waals surface area contributed by atoms with Crippen molar-refractivity contribution in [3.63, 3.8) is 0 Å². The third-order valence-corrected chi connectivity index (χ3v) is 1.96. The van der Waals surface area contributed by atoms with E-state index >= 15 is 0 Å². The van der Waals surface area contributed by atoms with Crippen LogP contribution in [0.25, 0.3) is 0 Å². The first-order valence-corrected chi connectivity index (χ1v) is 5.05. The number of pyridine rings is 1. The largest absolute Gasteiger partial charge is 0.476 e. The van der Waals surface area contributed by atoms with Gasteiger partial charge in [-0.2, -0.15) is 13.2 Å². The van der Waals surface area contributed by atoms with E-state index in [2.05, 4.69) is 15.3 Å². The van der Waals surface area contributed by atoms with Crippen LogP contribution in [0.5, 0.6) is 5.88 Å². The van der Waals surface area contributed by atoms with Gasteiger partial charge in [0.25, 0.3) is 0 Å². The van der Waals surface area contributed by atoms with E-state index in [0.717, 1.165) is 12.3 Å². The molecule has 19 heavy (non-hydrogen) atoms. The Bertz CT molecular complexity index is 408. The molecule has 0 unspecified atom stereocenters. The van der Waals surface area contributed by atoms with Crippen LogP contribution < -0.4 is 15.8 Å². The monoisotopic (exact) mass is 390 g/mol. The SMILES string of the molecule is CN=C(N)NCCOc1ccc(C(F)(F)F)cn1.I. The van der Waals surface area contributed by atoms with Gasteiger partial charge in [0.05, 0.1) is 12.1 Å². The van der Waals surface area contributed by atoms with Gasteiger partial charge in [0.1, 0.15) is 6.61 Å². The minimum Gasteiger partial charge on any atom is -0.476 e. The molecule has 3 N–H and O–H groups in total. The van der Waals surface area contributed by atoms with E-state index in [1.54, 1.807) is 0 Å². The quantitative estimate of drug-likeness (QED) is 0.355. The van der Waals surface area contributed by atoms with Crippen molar-refractivity contribution in [3.8, 4) is 5.88 Å². The lowest BCUT2D eigenvalue weighted by Gasteiger charge is -2.08. The Balaban J connectivity index is 0.00000324. The van der Waals surface area contributed by atoms with E-state index in [1.165, 1.54) is 13.1 Å². The fourth-order valence-corrected chi connectivity index (χ4v) is 1.05. The number of nitrogens with zero attached hydrogens (tertiary/aromatic N) is 2. The van der Waals surface area contributed by atoms with Crippen LogP contribution in [-0.4, -0.2) is 31.1 Å². The van der Waals surface area contributed by atoms with Gasteiger partial charge in [-0.25, -0.2) is 4.98 Å². The third-order valence-electron chi connectivity index (χ3n) is 1.96. The lowest BCUT2D eigenvalue weighted by atomic mass is 10.3. The summed E-state index contributed by atoms with van der Waals surface area (Å²) in [5, 5.41) is 2.73. The minimum atomic E-state index is -4.39. The number of hydrogen-bond acceptors (Lipinski definition) is 3. The van der Waals surface area contributed by atoms with Crippen LogP contribution in [0.1, 0.15) is 5.56 Å². The van der Waals surface area contributed by atoms with E-state index in [1.807, 2.05) is 0 Å². The average molecular weight is 390 g/mol. The van der Waals surface area contributed by atoms with Gasteiger partial charge in [-0.1, -0.05) is 0 Å². The second kappa shape index (κ2) is 8.02. The third kappa shape index (κ3) is 6.45. The number of aromatic nitrogens is 1. The molecular formula is C10H14F3IN4O. The molecule has 1 rings (SSSR count). The molecule has 0 atom stereocenters. The number of aliphatic imine (C=N–C) groups is 1. The molecule has 0 aliphatic heterocycles. The van der Waals surface area contributed by atoms with Crippen molar-refractivity contribution in [2.45, 2.75) is 6.18 Å². The van der Waals surface area contributed by atoms with Gasteiger partial charge < -0.3 is 15.8 Å².